The summed E-state index contributed by atoms with van der Waals surface area (Å²) in [6, 6.07) is 7.50. The van der Waals surface area contributed by atoms with E-state index in [0.29, 0.717) is 13.0 Å². The van der Waals surface area contributed by atoms with Crippen molar-refractivity contribution in [2.45, 2.75) is 45.1 Å². The summed E-state index contributed by atoms with van der Waals surface area (Å²) in [4.78, 5) is 11.8. The minimum absolute atomic E-state index is 0.0545. The molecule has 1 atom stereocenters. The number of carboxylic acids is 1. The third-order valence-electron chi connectivity index (χ3n) is 3.43. The first-order valence-electron chi connectivity index (χ1n) is 6.86. The fourth-order valence-corrected chi connectivity index (χ4v) is 2.09. The van der Waals surface area contributed by atoms with Gasteiger partial charge in [0.05, 0.1) is 5.60 Å². The molecule has 1 unspecified atom stereocenters. The molecule has 112 valence electrons. The predicted molar refractivity (Wildman–Crippen MR) is 79.9 cm³/mol. The summed E-state index contributed by atoms with van der Waals surface area (Å²) in [5, 5.41) is 9.64. The first-order chi connectivity index (χ1) is 9.21. The molecule has 0 amide bonds. The first-order valence-corrected chi connectivity index (χ1v) is 6.86. The number of hydrogen-bond acceptors (Lipinski definition) is 3. The normalized spacial score (nSPS) is 14.8. The molecule has 4 nitrogen and oxygen atoms in total. The van der Waals surface area contributed by atoms with Gasteiger partial charge in [0.2, 0.25) is 0 Å². The Kier molecular flexibility index (Phi) is 5.31. The SMILES string of the molecule is Cc1ccc(C(CN)(CCOC(C)(C)C)C(=O)O)cc1. The zero-order valence-electron chi connectivity index (χ0n) is 12.8. The van der Waals surface area contributed by atoms with Gasteiger partial charge in [-0.2, -0.15) is 0 Å². The molecular formula is C16H25NO3. The molecule has 0 saturated carbocycles. The van der Waals surface area contributed by atoms with Crippen LogP contribution in [0.15, 0.2) is 24.3 Å². The Balaban J connectivity index is 2.97. The van der Waals surface area contributed by atoms with Gasteiger partial charge in [-0.1, -0.05) is 29.8 Å². The summed E-state index contributed by atoms with van der Waals surface area (Å²) in [5.74, 6) is -0.902. The highest BCUT2D eigenvalue weighted by Crippen LogP contribution is 2.28. The van der Waals surface area contributed by atoms with E-state index in [9.17, 15) is 9.90 Å². The maximum absolute atomic E-state index is 11.8. The van der Waals surface area contributed by atoms with Crippen LogP contribution in [0.4, 0.5) is 0 Å². The molecular weight excluding hydrogens is 254 g/mol. The Morgan fingerprint density at radius 2 is 1.80 bits per heavy atom. The van der Waals surface area contributed by atoms with Crippen LogP contribution in [0.25, 0.3) is 0 Å². The van der Waals surface area contributed by atoms with E-state index in [1.54, 1.807) is 0 Å². The van der Waals surface area contributed by atoms with Crippen molar-refractivity contribution in [3.05, 3.63) is 35.4 Å². The monoisotopic (exact) mass is 279 g/mol. The summed E-state index contributed by atoms with van der Waals surface area (Å²) in [6.45, 7) is 8.23. The lowest BCUT2D eigenvalue weighted by molar-refractivity contribution is -0.145. The van der Waals surface area contributed by atoms with Gasteiger partial charge in [0, 0.05) is 13.2 Å². The zero-order chi connectivity index (χ0) is 15.4. The number of carboxylic acid groups (broad SMARTS) is 1. The molecule has 0 fully saturated rings. The van der Waals surface area contributed by atoms with Gasteiger partial charge < -0.3 is 15.6 Å². The molecule has 4 heteroatoms. The van der Waals surface area contributed by atoms with Gasteiger partial charge in [-0.05, 0) is 39.7 Å². The first kappa shape index (κ1) is 16.7. The van der Waals surface area contributed by atoms with Crippen LogP contribution in [0, 0.1) is 6.92 Å². The van der Waals surface area contributed by atoms with Crippen molar-refractivity contribution in [1.29, 1.82) is 0 Å². The number of aryl methyl sites for hydroxylation is 1. The van der Waals surface area contributed by atoms with Gasteiger partial charge in [0.15, 0.2) is 0 Å². The molecule has 0 aromatic heterocycles. The molecule has 0 saturated heterocycles. The van der Waals surface area contributed by atoms with Crippen LogP contribution in [0.3, 0.4) is 0 Å². The molecule has 0 aliphatic rings. The second-order valence-electron chi connectivity index (χ2n) is 6.17. The van der Waals surface area contributed by atoms with Crippen LogP contribution in [0.2, 0.25) is 0 Å². The van der Waals surface area contributed by atoms with Crippen molar-refractivity contribution in [2.24, 2.45) is 5.73 Å². The van der Waals surface area contributed by atoms with Crippen molar-refractivity contribution in [3.63, 3.8) is 0 Å². The van der Waals surface area contributed by atoms with Gasteiger partial charge in [0.25, 0.3) is 0 Å². The summed E-state index contributed by atoms with van der Waals surface area (Å²) < 4.78 is 5.66. The van der Waals surface area contributed by atoms with E-state index in [0.717, 1.165) is 11.1 Å². The van der Waals surface area contributed by atoms with Gasteiger partial charge in [-0.3, -0.25) is 4.79 Å². The minimum Gasteiger partial charge on any atom is -0.481 e. The predicted octanol–water partition coefficient (Wildman–Crippen LogP) is 2.48. The number of rotatable bonds is 6. The van der Waals surface area contributed by atoms with Crippen LogP contribution >= 0.6 is 0 Å². The second-order valence-corrected chi connectivity index (χ2v) is 6.17. The van der Waals surface area contributed by atoms with Crippen LogP contribution < -0.4 is 5.73 Å². The molecule has 0 aliphatic heterocycles. The standard InChI is InChI=1S/C16H25NO3/c1-12-5-7-13(8-6-12)16(11-17,14(18)19)9-10-20-15(2,3)4/h5-8H,9-11,17H2,1-4H3,(H,18,19). The summed E-state index contributed by atoms with van der Waals surface area (Å²) in [5.41, 5.74) is 6.25. The average Bonchev–Trinajstić information content (AvgIpc) is 2.34. The fourth-order valence-electron chi connectivity index (χ4n) is 2.09. The Morgan fingerprint density at radius 1 is 1.25 bits per heavy atom. The number of benzene rings is 1. The van der Waals surface area contributed by atoms with Crippen LogP contribution in [-0.2, 0) is 14.9 Å². The molecule has 1 rings (SSSR count). The lowest BCUT2D eigenvalue weighted by atomic mass is 9.77. The number of nitrogens with two attached hydrogens (primary N) is 1. The van der Waals surface area contributed by atoms with E-state index in [4.69, 9.17) is 10.5 Å². The van der Waals surface area contributed by atoms with E-state index in [1.807, 2.05) is 52.0 Å². The fraction of sp³-hybridized carbons (Fsp3) is 0.562. The van der Waals surface area contributed by atoms with Crippen molar-refractivity contribution >= 4 is 5.97 Å². The topological polar surface area (TPSA) is 72.5 Å². The number of aliphatic carboxylic acids is 1. The molecule has 0 bridgehead atoms. The Labute approximate surface area is 120 Å². The zero-order valence-corrected chi connectivity index (χ0v) is 12.8. The van der Waals surface area contributed by atoms with Crippen molar-refractivity contribution in [1.82, 2.24) is 0 Å². The summed E-state index contributed by atoms with van der Waals surface area (Å²) in [7, 11) is 0. The second kappa shape index (κ2) is 6.37. The van der Waals surface area contributed by atoms with E-state index < -0.39 is 11.4 Å². The minimum atomic E-state index is -1.08. The summed E-state index contributed by atoms with van der Waals surface area (Å²) >= 11 is 0. The third-order valence-corrected chi connectivity index (χ3v) is 3.43. The highest BCUT2D eigenvalue weighted by Gasteiger charge is 2.39. The molecule has 0 radical (unpaired) electrons. The van der Waals surface area contributed by atoms with Gasteiger partial charge in [0.1, 0.15) is 5.41 Å². The smallest absolute Gasteiger partial charge is 0.315 e. The number of ether oxygens (including phenoxy) is 1. The quantitative estimate of drug-likeness (QED) is 0.839. The highest BCUT2D eigenvalue weighted by atomic mass is 16.5. The van der Waals surface area contributed by atoms with Crippen LogP contribution in [0.5, 0.6) is 0 Å². The Bertz CT molecular complexity index is 448. The number of carbonyl (C=O) groups is 1. The largest absolute Gasteiger partial charge is 0.481 e. The maximum Gasteiger partial charge on any atom is 0.315 e. The lowest BCUT2D eigenvalue weighted by Crippen LogP contribution is -2.44. The molecule has 0 spiro atoms. The molecule has 0 heterocycles. The van der Waals surface area contributed by atoms with Crippen molar-refractivity contribution in [3.8, 4) is 0 Å². The molecule has 0 aliphatic carbocycles. The van der Waals surface area contributed by atoms with E-state index >= 15 is 0 Å². The summed E-state index contributed by atoms with van der Waals surface area (Å²) in [6.07, 6.45) is 0.360. The van der Waals surface area contributed by atoms with Gasteiger partial charge in [-0.15, -0.1) is 0 Å². The maximum atomic E-state index is 11.8. The van der Waals surface area contributed by atoms with Gasteiger partial charge >= 0.3 is 5.97 Å². The Hall–Kier alpha value is -1.39. The number of hydrogen-bond donors (Lipinski definition) is 2. The van der Waals surface area contributed by atoms with E-state index in [1.165, 1.54) is 0 Å². The Morgan fingerprint density at radius 3 is 2.20 bits per heavy atom. The van der Waals surface area contributed by atoms with E-state index in [2.05, 4.69) is 0 Å². The van der Waals surface area contributed by atoms with E-state index in [-0.39, 0.29) is 12.1 Å². The van der Waals surface area contributed by atoms with Crippen molar-refractivity contribution < 1.29 is 14.6 Å². The lowest BCUT2D eigenvalue weighted by Gasteiger charge is -2.30. The molecule has 1 aromatic carbocycles. The molecule has 1 aromatic rings. The average molecular weight is 279 g/mol. The molecule has 3 N–H and O–H groups in total. The van der Waals surface area contributed by atoms with Crippen molar-refractivity contribution in [2.75, 3.05) is 13.2 Å². The third kappa shape index (κ3) is 4.05. The molecule has 20 heavy (non-hydrogen) atoms. The van der Waals surface area contributed by atoms with Gasteiger partial charge in [-0.25, -0.2) is 0 Å². The van der Waals surface area contributed by atoms with Crippen LogP contribution in [0.1, 0.15) is 38.3 Å². The highest BCUT2D eigenvalue weighted by molar-refractivity contribution is 5.81. The van der Waals surface area contributed by atoms with Crippen LogP contribution in [-0.4, -0.2) is 29.8 Å².